The molecule has 0 saturated heterocycles. The van der Waals surface area contributed by atoms with Crippen LogP contribution in [0.5, 0.6) is 0 Å². The van der Waals surface area contributed by atoms with E-state index in [1.54, 1.807) is 0 Å². The lowest BCUT2D eigenvalue weighted by molar-refractivity contribution is -0.141. The summed E-state index contributed by atoms with van der Waals surface area (Å²) in [5, 5.41) is 0. The minimum absolute atomic E-state index is 0.262. The fourth-order valence-electron chi connectivity index (χ4n) is 0.620. The topological polar surface area (TPSA) is 124 Å². The molecule has 8 nitrogen and oxygen atoms in total. The molecule has 0 radical (unpaired) electrons. The van der Waals surface area contributed by atoms with Gasteiger partial charge in [-0.05, 0) is 0 Å². The zero-order valence-corrected chi connectivity index (χ0v) is 10.1. The lowest BCUT2D eigenvalue weighted by atomic mass is 10.5. The Morgan fingerprint density at radius 3 is 2.19 bits per heavy atom. The number of carbonyl (C=O) groups excluding carboxylic acids is 1. The van der Waals surface area contributed by atoms with Crippen LogP contribution in [0.1, 0.15) is 6.42 Å². The van der Waals surface area contributed by atoms with E-state index in [9.17, 15) is 21.6 Å². The first-order valence-corrected chi connectivity index (χ1v) is 7.24. The van der Waals surface area contributed by atoms with Gasteiger partial charge < -0.3 is 4.74 Å². The van der Waals surface area contributed by atoms with Gasteiger partial charge in [0.25, 0.3) is 20.2 Å². The third kappa shape index (κ3) is 8.59. The SMILES string of the molecule is COC(=O)CCOS(=O)(=O)CCS(=O)(=O)O. The normalized spacial score (nSPS) is 12.4. The van der Waals surface area contributed by atoms with E-state index < -0.39 is 44.3 Å². The van der Waals surface area contributed by atoms with Crippen LogP contribution >= 0.6 is 0 Å². The fraction of sp³-hybridized carbons (Fsp3) is 0.833. The van der Waals surface area contributed by atoms with Crippen molar-refractivity contribution in [2.24, 2.45) is 0 Å². The van der Waals surface area contributed by atoms with Crippen LogP contribution in [0.25, 0.3) is 0 Å². The molecule has 0 aromatic rings. The standard InChI is InChI=1S/C6H12O8S2/c1-13-6(7)2-3-14-16(11,12)5-4-15(8,9)10/h2-5H2,1H3,(H,8,9,10). The maximum absolute atomic E-state index is 11.0. The number of hydrogen-bond donors (Lipinski definition) is 1. The third-order valence-electron chi connectivity index (χ3n) is 1.39. The number of carbonyl (C=O) groups is 1. The maximum Gasteiger partial charge on any atom is 0.307 e. The van der Waals surface area contributed by atoms with E-state index in [2.05, 4.69) is 8.92 Å². The molecule has 0 aromatic carbocycles. The average Bonchev–Trinajstić information content (AvgIpc) is 2.13. The van der Waals surface area contributed by atoms with Gasteiger partial charge >= 0.3 is 5.97 Å². The smallest absolute Gasteiger partial charge is 0.307 e. The highest BCUT2D eigenvalue weighted by Gasteiger charge is 2.16. The zero-order chi connectivity index (χ0) is 12.8. The zero-order valence-electron chi connectivity index (χ0n) is 8.45. The molecule has 0 rings (SSSR count). The Bertz CT molecular complexity index is 419. The first-order chi connectivity index (χ1) is 7.16. The molecule has 16 heavy (non-hydrogen) atoms. The molecular weight excluding hydrogens is 264 g/mol. The summed E-state index contributed by atoms with van der Waals surface area (Å²) in [4.78, 5) is 10.6. The second-order valence-electron chi connectivity index (χ2n) is 2.70. The molecular formula is C6H12O8S2. The van der Waals surface area contributed by atoms with E-state index in [0.29, 0.717) is 0 Å². The summed E-state index contributed by atoms with van der Waals surface area (Å²) in [5.74, 6) is -2.47. The molecule has 0 bridgehead atoms. The summed E-state index contributed by atoms with van der Waals surface area (Å²) >= 11 is 0. The lowest BCUT2D eigenvalue weighted by Crippen LogP contribution is -2.20. The predicted molar refractivity (Wildman–Crippen MR) is 52.8 cm³/mol. The molecule has 0 aliphatic heterocycles. The Labute approximate surface area is 93.4 Å². The molecule has 0 saturated carbocycles. The first-order valence-electron chi connectivity index (χ1n) is 4.05. The Hall–Kier alpha value is -0.710. The van der Waals surface area contributed by atoms with Crippen LogP contribution in [-0.2, 0) is 34.0 Å². The van der Waals surface area contributed by atoms with E-state index in [-0.39, 0.29) is 6.42 Å². The van der Waals surface area contributed by atoms with Crippen molar-refractivity contribution < 1.29 is 35.1 Å². The lowest BCUT2D eigenvalue weighted by Gasteiger charge is -2.03. The van der Waals surface area contributed by atoms with Crippen LogP contribution in [0, 0.1) is 0 Å². The number of methoxy groups -OCH3 is 1. The first kappa shape index (κ1) is 15.3. The van der Waals surface area contributed by atoms with Gasteiger partial charge in [0, 0.05) is 0 Å². The molecule has 0 heterocycles. The van der Waals surface area contributed by atoms with Gasteiger partial charge in [-0.2, -0.15) is 16.8 Å². The molecule has 0 amide bonds. The van der Waals surface area contributed by atoms with Gasteiger partial charge in [0.15, 0.2) is 0 Å². The van der Waals surface area contributed by atoms with Gasteiger partial charge in [-0.3, -0.25) is 13.5 Å². The van der Waals surface area contributed by atoms with E-state index in [1.807, 2.05) is 0 Å². The average molecular weight is 276 g/mol. The Morgan fingerprint density at radius 2 is 1.75 bits per heavy atom. The summed E-state index contributed by atoms with van der Waals surface area (Å²) < 4.78 is 59.4. The van der Waals surface area contributed by atoms with Crippen molar-refractivity contribution in [3.63, 3.8) is 0 Å². The van der Waals surface area contributed by atoms with Gasteiger partial charge in [0.1, 0.15) is 0 Å². The highest BCUT2D eigenvalue weighted by atomic mass is 32.2. The summed E-state index contributed by atoms with van der Waals surface area (Å²) in [7, 11) is -7.29. The van der Waals surface area contributed by atoms with Crippen molar-refractivity contribution in [3.8, 4) is 0 Å². The minimum atomic E-state index is -4.35. The van der Waals surface area contributed by atoms with Gasteiger partial charge in [0.2, 0.25) is 0 Å². The second-order valence-corrected chi connectivity index (χ2v) is 6.03. The summed E-state index contributed by atoms with van der Waals surface area (Å²) in [6, 6.07) is 0. The number of esters is 1. The molecule has 10 heteroatoms. The molecule has 0 atom stereocenters. The van der Waals surface area contributed by atoms with E-state index in [0.717, 1.165) is 7.11 Å². The number of rotatable bonds is 7. The van der Waals surface area contributed by atoms with Crippen LogP contribution in [0.2, 0.25) is 0 Å². The largest absolute Gasteiger partial charge is 0.469 e. The van der Waals surface area contributed by atoms with Crippen molar-refractivity contribution >= 4 is 26.2 Å². The minimum Gasteiger partial charge on any atom is -0.469 e. The third-order valence-corrected chi connectivity index (χ3v) is 3.60. The monoisotopic (exact) mass is 276 g/mol. The number of ether oxygens (including phenoxy) is 1. The Balaban J connectivity index is 4.03. The van der Waals surface area contributed by atoms with Crippen molar-refractivity contribution in [2.45, 2.75) is 6.42 Å². The summed E-state index contributed by atoms with van der Waals surface area (Å²) in [5.41, 5.74) is 0. The van der Waals surface area contributed by atoms with Crippen molar-refractivity contribution in [3.05, 3.63) is 0 Å². The maximum atomic E-state index is 11.0. The second kappa shape index (κ2) is 6.13. The molecule has 0 aliphatic carbocycles. The van der Waals surface area contributed by atoms with Gasteiger partial charge in [-0.25, -0.2) is 0 Å². The molecule has 96 valence electrons. The van der Waals surface area contributed by atoms with Crippen LogP contribution in [0.4, 0.5) is 0 Å². The molecule has 0 spiro atoms. The van der Waals surface area contributed by atoms with Crippen LogP contribution in [0.15, 0.2) is 0 Å². The molecule has 1 N–H and O–H groups in total. The van der Waals surface area contributed by atoms with Crippen molar-refractivity contribution in [2.75, 3.05) is 25.2 Å². The predicted octanol–water partition coefficient (Wildman–Crippen LogP) is -1.22. The van der Waals surface area contributed by atoms with Crippen LogP contribution in [-0.4, -0.2) is 52.6 Å². The van der Waals surface area contributed by atoms with Crippen LogP contribution < -0.4 is 0 Å². The van der Waals surface area contributed by atoms with Gasteiger partial charge in [-0.15, -0.1) is 0 Å². The van der Waals surface area contributed by atoms with E-state index in [4.69, 9.17) is 4.55 Å². The van der Waals surface area contributed by atoms with Crippen molar-refractivity contribution in [1.82, 2.24) is 0 Å². The quantitative estimate of drug-likeness (QED) is 0.348. The number of hydrogen-bond acceptors (Lipinski definition) is 7. The highest BCUT2D eigenvalue weighted by Crippen LogP contribution is 1.98. The van der Waals surface area contributed by atoms with Crippen molar-refractivity contribution in [1.29, 1.82) is 0 Å². The molecule has 0 unspecified atom stereocenters. The summed E-state index contributed by atoms with van der Waals surface area (Å²) in [6.07, 6.45) is -0.262. The van der Waals surface area contributed by atoms with E-state index >= 15 is 0 Å². The van der Waals surface area contributed by atoms with Crippen LogP contribution in [0.3, 0.4) is 0 Å². The molecule has 0 aromatic heterocycles. The van der Waals surface area contributed by atoms with Gasteiger partial charge in [0.05, 0.1) is 31.6 Å². The molecule has 0 fully saturated rings. The highest BCUT2D eigenvalue weighted by molar-refractivity contribution is 7.90. The van der Waals surface area contributed by atoms with Gasteiger partial charge in [-0.1, -0.05) is 0 Å². The fourth-order valence-corrected chi connectivity index (χ4v) is 2.73. The summed E-state index contributed by atoms with van der Waals surface area (Å²) in [6.45, 7) is -0.430. The van der Waals surface area contributed by atoms with E-state index in [1.165, 1.54) is 0 Å². The Morgan fingerprint density at radius 1 is 1.19 bits per heavy atom. The Kier molecular flexibility index (Phi) is 5.86. The molecule has 0 aliphatic rings.